The lowest BCUT2D eigenvalue weighted by Crippen LogP contribution is -2.47. The number of hydrogen-bond donors (Lipinski definition) is 1. The van der Waals surface area contributed by atoms with Crippen molar-refractivity contribution in [1.82, 2.24) is 20.1 Å². The second-order valence-corrected chi connectivity index (χ2v) is 5.63. The first-order valence-corrected chi connectivity index (χ1v) is 7.83. The first kappa shape index (κ1) is 17.4. The zero-order chi connectivity index (χ0) is 16.7. The molecule has 7 nitrogen and oxygen atoms in total. The van der Waals surface area contributed by atoms with Gasteiger partial charge in [0.25, 0.3) is 11.8 Å². The van der Waals surface area contributed by atoms with Gasteiger partial charge in [-0.2, -0.15) is 0 Å². The van der Waals surface area contributed by atoms with E-state index in [1.807, 2.05) is 7.05 Å². The summed E-state index contributed by atoms with van der Waals surface area (Å²) in [6.45, 7) is 4.21. The van der Waals surface area contributed by atoms with Crippen LogP contribution in [-0.2, 0) is 4.74 Å². The Kier molecular flexibility index (Phi) is 6.49. The van der Waals surface area contributed by atoms with E-state index in [-0.39, 0.29) is 11.8 Å². The molecule has 1 aromatic rings. The lowest BCUT2D eigenvalue weighted by Gasteiger charge is -2.32. The van der Waals surface area contributed by atoms with E-state index < -0.39 is 0 Å². The van der Waals surface area contributed by atoms with E-state index in [1.54, 1.807) is 24.1 Å². The molecule has 1 N–H and O–H groups in total. The van der Waals surface area contributed by atoms with Gasteiger partial charge in [-0.3, -0.25) is 14.6 Å². The van der Waals surface area contributed by atoms with Crippen LogP contribution in [0.15, 0.2) is 18.3 Å². The summed E-state index contributed by atoms with van der Waals surface area (Å²) >= 11 is 0. The number of hydrogen-bond acceptors (Lipinski definition) is 5. The average Bonchev–Trinajstić information content (AvgIpc) is 2.59. The summed E-state index contributed by atoms with van der Waals surface area (Å²) in [4.78, 5) is 32.7. The van der Waals surface area contributed by atoms with E-state index in [9.17, 15) is 9.59 Å². The maximum atomic E-state index is 12.5. The zero-order valence-corrected chi connectivity index (χ0v) is 13.7. The molecule has 2 heterocycles. The molecule has 0 aromatic carbocycles. The maximum absolute atomic E-state index is 12.5. The van der Waals surface area contributed by atoms with Crippen molar-refractivity contribution in [3.8, 4) is 0 Å². The molecule has 7 heteroatoms. The third-order valence-corrected chi connectivity index (χ3v) is 3.84. The summed E-state index contributed by atoms with van der Waals surface area (Å²) < 4.78 is 4.94. The highest BCUT2D eigenvalue weighted by atomic mass is 16.5. The smallest absolute Gasteiger partial charge is 0.272 e. The number of rotatable bonds is 6. The van der Waals surface area contributed by atoms with Crippen LogP contribution in [0.1, 0.15) is 27.3 Å². The number of nitrogens with zero attached hydrogens (tertiary/aromatic N) is 3. The number of aromatic nitrogens is 1. The van der Waals surface area contributed by atoms with Gasteiger partial charge in [-0.15, -0.1) is 0 Å². The molecular formula is C16H24N4O3. The topological polar surface area (TPSA) is 74.8 Å². The van der Waals surface area contributed by atoms with Crippen LogP contribution in [0.2, 0.25) is 0 Å². The van der Waals surface area contributed by atoms with E-state index >= 15 is 0 Å². The third-order valence-electron chi connectivity index (χ3n) is 3.84. The van der Waals surface area contributed by atoms with Crippen LogP contribution in [0.25, 0.3) is 0 Å². The molecule has 0 unspecified atom stereocenters. The minimum atomic E-state index is -0.198. The Bertz CT molecular complexity index is 542. The van der Waals surface area contributed by atoms with Crippen molar-refractivity contribution < 1.29 is 14.3 Å². The molecule has 1 aliphatic rings. The lowest BCUT2D eigenvalue weighted by atomic mass is 10.2. The fourth-order valence-corrected chi connectivity index (χ4v) is 2.38. The number of carbonyl (C=O) groups excluding carboxylic acids is 2. The van der Waals surface area contributed by atoms with Crippen molar-refractivity contribution in [1.29, 1.82) is 0 Å². The summed E-state index contributed by atoms with van der Waals surface area (Å²) in [5.41, 5.74) is 0.772. The van der Waals surface area contributed by atoms with Gasteiger partial charge in [0.1, 0.15) is 5.69 Å². The fraction of sp³-hybridized carbons (Fsp3) is 0.562. The largest absolute Gasteiger partial charge is 0.385 e. The zero-order valence-electron chi connectivity index (χ0n) is 13.7. The predicted molar refractivity (Wildman–Crippen MR) is 86.5 cm³/mol. The molecular weight excluding hydrogens is 296 g/mol. The normalized spacial score (nSPS) is 15.5. The van der Waals surface area contributed by atoms with Crippen molar-refractivity contribution in [2.45, 2.75) is 6.42 Å². The number of carbonyl (C=O) groups is 2. The highest BCUT2D eigenvalue weighted by Gasteiger charge is 2.22. The molecule has 1 aromatic heterocycles. The molecule has 0 atom stereocenters. The van der Waals surface area contributed by atoms with Crippen molar-refractivity contribution in [2.75, 3.05) is 53.5 Å². The van der Waals surface area contributed by atoms with Gasteiger partial charge in [0, 0.05) is 58.2 Å². The van der Waals surface area contributed by atoms with Gasteiger partial charge in [0.05, 0.1) is 0 Å². The Hall–Kier alpha value is -1.99. The van der Waals surface area contributed by atoms with Crippen LogP contribution in [0.5, 0.6) is 0 Å². The number of nitrogens with one attached hydrogen (secondary N) is 1. The van der Waals surface area contributed by atoms with Gasteiger partial charge in [-0.1, -0.05) is 0 Å². The molecule has 0 saturated carbocycles. The fourth-order valence-electron chi connectivity index (χ4n) is 2.38. The summed E-state index contributed by atoms with van der Waals surface area (Å²) in [5, 5.41) is 2.81. The number of pyridine rings is 1. The molecule has 0 aliphatic carbocycles. The van der Waals surface area contributed by atoms with Gasteiger partial charge >= 0.3 is 0 Å². The Morgan fingerprint density at radius 3 is 2.74 bits per heavy atom. The standard InChI is InChI=1S/C16H24N4O3/c1-19-7-9-20(10-8-19)16(22)14-12-13(4-6-17-14)15(21)18-5-3-11-23-2/h4,6,12H,3,5,7-11H2,1-2H3,(H,18,21). The first-order valence-electron chi connectivity index (χ1n) is 7.83. The second-order valence-electron chi connectivity index (χ2n) is 5.63. The SMILES string of the molecule is COCCCNC(=O)c1ccnc(C(=O)N2CCN(C)CC2)c1. The first-order chi connectivity index (χ1) is 11.1. The summed E-state index contributed by atoms with van der Waals surface area (Å²) in [6.07, 6.45) is 2.26. The highest BCUT2D eigenvalue weighted by Crippen LogP contribution is 2.08. The number of amides is 2. The van der Waals surface area contributed by atoms with Crippen LogP contribution >= 0.6 is 0 Å². The third kappa shape index (κ3) is 5.01. The van der Waals surface area contributed by atoms with Gasteiger partial charge in [0.2, 0.25) is 0 Å². The number of likely N-dealkylation sites (N-methyl/N-ethyl adjacent to an activating group) is 1. The molecule has 126 valence electrons. The number of methoxy groups -OCH3 is 1. The lowest BCUT2D eigenvalue weighted by molar-refractivity contribution is 0.0658. The molecule has 1 saturated heterocycles. The van der Waals surface area contributed by atoms with Crippen LogP contribution in [0.4, 0.5) is 0 Å². The molecule has 2 amide bonds. The molecule has 0 radical (unpaired) electrons. The minimum Gasteiger partial charge on any atom is -0.385 e. The number of ether oxygens (including phenoxy) is 1. The Balaban J connectivity index is 1.96. The molecule has 23 heavy (non-hydrogen) atoms. The molecule has 0 spiro atoms. The molecule has 2 rings (SSSR count). The van der Waals surface area contributed by atoms with Crippen LogP contribution < -0.4 is 5.32 Å². The summed E-state index contributed by atoms with van der Waals surface area (Å²) in [5.74, 6) is -0.317. The van der Waals surface area contributed by atoms with Crippen molar-refractivity contribution in [3.63, 3.8) is 0 Å². The van der Waals surface area contributed by atoms with Crippen LogP contribution in [-0.4, -0.2) is 80.1 Å². The maximum Gasteiger partial charge on any atom is 0.272 e. The quantitative estimate of drug-likeness (QED) is 0.760. The predicted octanol–water partition coefficient (Wildman–Crippen LogP) is 0.236. The van der Waals surface area contributed by atoms with Crippen molar-refractivity contribution >= 4 is 11.8 Å². The van der Waals surface area contributed by atoms with E-state index in [0.717, 1.165) is 19.5 Å². The highest BCUT2D eigenvalue weighted by molar-refractivity contribution is 5.98. The summed E-state index contributed by atoms with van der Waals surface area (Å²) in [7, 11) is 3.66. The van der Waals surface area contributed by atoms with Crippen LogP contribution in [0, 0.1) is 0 Å². The van der Waals surface area contributed by atoms with Gasteiger partial charge in [-0.25, -0.2) is 0 Å². The Labute approximate surface area is 136 Å². The Morgan fingerprint density at radius 1 is 1.30 bits per heavy atom. The van der Waals surface area contributed by atoms with Crippen molar-refractivity contribution in [3.05, 3.63) is 29.6 Å². The average molecular weight is 320 g/mol. The van der Waals surface area contributed by atoms with Crippen LogP contribution in [0.3, 0.4) is 0 Å². The molecule has 0 bridgehead atoms. The van der Waals surface area contributed by atoms with Crippen molar-refractivity contribution in [2.24, 2.45) is 0 Å². The van der Waals surface area contributed by atoms with Gasteiger partial charge in [-0.05, 0) is 25.6 Å². The van der Waals surface area contributed by atoms with E-state index in [0.29, 0.717) is 37.5 Å². The van der Waals surface area contributed by atoms with Gasteiger partial charge in [0.15, 0.2) is 0 Å². The van der Waals surface area contributed by atoms with Gasteiger partial charge < -0.3 is 19.9 Å². The van der Waals surface area contributed by atoms with E-state index in [4.69, 9.17) is 4.74 Å². The summed E-state index contributed by atoms with van der Waals surface area (Å²) in [6, 6.07) is 3.18. The minimum absolute atomic E-state index is 0.118. The second kappa shape index (κ2) is 8.59. The van der Waals surface area contributed by atoms with E-state index in [1.165, 1.54) is 6.20 Å². The molecule has 1 aliphatic heterocycles. The van der Waals surface area contributed by atoms with E-state index in [2.05, 4.69) is 15.2 Å². The molecule has 1 fully saturated rings. The Morgan fingerprint density at radius 2 is 2.04 bits per heavy atom. The number of piperazine rings is 1. The monoisotopic (exact) mass is 320 g/mol.